The van der Waals surface area contributed by atoms with Gasteiger partial charge in [-0.15, -0.1) is 0 Å². The lowest BCUT2D eigenvalue weighted by Crippen LogP contribution is -2.71. The first-order valence-corrected chi connectivity index (χ1v) is 20.8. The van der Waals surface area contributed by atoms with Gasteiger partial charge in [0, 0.05) is 0 Å². The van der Waals surface area contributed by atoms with Gasteiger partial charge in [-0.2, -0.15) is 0 Å². The molecule has 4 aliphatic carbocycles. The van der Waals surface area contributed by atoms with Crippen molar-refractivity contribution in [2.45, 2.75) is 199 Å². The van der Waals surface area contributed by atoms with Gasteiger partial charge in [-0.1, -0.05) is 46.3 Å². The Labute approximate surface area is 327 Å². The fourth-order valence-corrected chi connectivity index (χ4v) is 13.3. The Morgan fingerprint density at radius 2 is 1.49 bits per heavy atom. The first-order chi connectivity index (χ1) is 25.5. The summed E-state index contributed by atoms with van der Waals surface area (Å²) in [4.78, 5) is 0. The molecule has 2 saturated heterocycles. The quantitative estimate of drug-likeness (QED) is 0.121. The van der Waals surface area contributed by atoms with Crippen LogP contribution in [0.25, 0.3) is 0 Å². The van der Waals surface area contributed by atoms with Crippen molar-refractivity contribution in [3.05, 3.63) is 11.6 Å². The highest BCUT2D eigenvalue weighted by atomic mass is 16.8. The summed E-state index contributed by atoms with van der Waals surface area (Å²) in [6.07, 6.45) is -8.99. The van der Waals surface area contributed by atoms with Crippen molar-refractivity contribution < 1.29 is 64.9 Å². The van der Waals surface area contributed by atoms with Gasteiger partial charge >= 0.3 is 0 Å². The van der Waals surface area contributed by atoms with Crippen LogP contribution < -0.4 is 0 Å². The van der Waals surface area contributed by atoms with E-state index in [1.807, 2.05) is 20.8 Å². The van der Waals surface area contributed by atoms with Gasteiger partial charge < -0.3 is 64.9 Å². The van der Waals surface area contributed by atoms with Crippen molar-refractivity contribution in [1.82, 2.24) is 0 Å². The number of allylic oxidation sites excluding steroid dienone is 2. The molecule has 0 aromatic carbocycles. The van der Waals surface area contributed by atoms with E-state index in [1.165, 1.54) is 12.5 Å². The first kappa shape index (κ1) is 43.8. The zero-order valence-corrected chi connectivity index (χ0v) is 34.4. The summed E-state index contributed by atoms with van der Waals surface area (Å²) >= 11 is 0. The molecule has 0 aromatic rings. The molecule has 6 fully saturated rings. The molecule has 55 heavy (non-hydrogen) atoms. The smallest absolute Gasteiger partial charge is 0.187 e. The summed E-state index contributed by atoms with van der Waals surface area (Å²) in [7, 11) is 0. The molecule has 6 rings (SSSR count). The molecule has 0 spiro atoms. The van der Waals surface area contributed by atoms with E-state index in [4.69, 9.17) is 18.9 Å². The second-order valence-corrected chi connectivity index (χ2v) is 20.3. The Balaban J connectivity index is 1.38. The second-order valence-electron chi connectivity index (χ2n) is 20.3. The van der Waals surface area contributed by atoms with Crippen LogP contribution in [0.3, 0.4) is 0 Å². The molecular formula is C42H72O13. The largest absolute Gasteiger partial charge is 0.394 e. The summed E-state index contributed by atoms with van der Waals surface area (Å²) in [6.45, 7) is 17.8. The van der Waals surface area contributed by atoms with Crippen LogP contribution in [-0.4, -0.2) is 138 Å². The molecule has 0 bridgehead atoms. The van der Waals surface area contributed by atoms with E-state index in [2.05, 4.69) is 40.7 Å². The average Bonchev–Trinajstić information content (AvgIpc) is 3.49. The summed E-state index contributed by atoms with van der Waals surface area (Å²) in [5.41, 5.74) is -1.71. The van der Waals surface area contributed by atoms with Gasteiger partial charge in [-0.05, 0) is 124 Å². The Morgan fingerprint density at radius 1 is 0.818 bits per heavy atom. The van der Waals surface area contributed by atoms with Crippen LogP contribution in [0.2, 0.25) is 0 Å². The van der Waals surface area contributed by atoms with Crippen LogP contribution in [0, 0.1) is 45.3 Å². The lowest BCUT2D eigenvalue weighted by Gasteiger charge is -2.72. The predicted molar refractivity (Wildman–Crippen MR) is 201 cm³/mol. The predicted octanol–water partition coefficient (Wildman–Crippen LogP) is 2.15. The van der Waals surface area contributed by atoms with Crippen molar-refractivity contribution in [3.8, 4) is 0 Å². The molecule has 21 atom stereocenters. The molecule has 2 heterocycles. The van der Waals surface area contributed by atoms with E-state index < -0.39 is 114 Å². The van der Waals surface area contributed by atoms with Gasteiger partial charge in [0.2, 0.25) is 0 Å². The number of aliphatic hydroxyl groups is 9. The molecule has 6 aliphatic rings. The minimum Gasteiger partial charge on any atom is -0.394 e. The van der Waals surface area contributed by atoms with Crippen LogP contribution >= 0.6 is 0 Å². The number of hydrogen-bond acceptors (Lipinski definition) is 13. The van der Waals surface area contributed by atoms with Crippen molar-refractivity contribution in [3.63, 3.8) is 0 Å². The van der Waals surface area contributed by atoms with Crippen LogP contribution in [-0.2, 0) is 18.9 Å². The average molecular weight is 785 g/mol. The molecule has 4 saturated carbocycles. The maximum atomic E-state index is 12.3. The third kappa shape index (κ3) is 7.10. The maximum Gasteiger partial charge on any atom is 0.187 e. The van der Waals surface area contributed by atoms with Crippen molar-refractivity contribution in [1.29, 1.82) is 0 Å². The Hall–Kier alpha value is -0.780. The van der Waals surface area contributed by atoms with E-state index >= 15 is 0 Å². The van der Waals surface area contributed by atoms with Crippen molar-refractivity contribution >= 4 is 0 Å². The Bertz CT molecular complexity index is 1390. The van der Waals surface area contributed by atoms with E-state index in [0.717, 1.165) is 19.3 Å². The molecule has 2 unspecified atom stereocenters. The van der Waals surface area contributed by atoms with Crippen LogP contribution in [0.5, 0.6) is 0 Å². The van der Waals surface area contributed by atoms with Crippen molar-refractivity contribution in [2.24, 2.45) is 45.3 Å². The fraction of sp³-hybridized carbons (Fsp3) is 0.952. The van der Waals surface area contributed by atoms with Crippen LogP contribution in [0.15, 0.2) is 11.6 Å². The molecule has 2 aliphatic heterocycles. The van der Waals surface area contributed by atoms with Crippen LogP contribution in [0.4, 0.5) is 0 Å². The summed E-state index contributed by atoms with van der Waals surface area (Å²) in [6, 6.07) is 0. The maximum absolute atomic E-state index is 12.3. The normalized spacial score (nSPS) is 53.4. The van der Waals surface area contributed by atoms with E-state index in [-0.39, 0.29) is 23.7 Å². The van der Waals surface area contributed by atoms with Gasteiger partial charge in [-0.25, -0.2) is 0 Å². The summed E-state index contributed by atoms with van der Waals surface area (Å²) < 4.78 is 25.1. The van der Waals surface area contributed by atoms with E-state index in [1.54, 1.807) is 0 Å². The lowest BCUT2D eigenvalue weighted by atomic mass is 9.34. The number of fused-ring (bicyclic) bond motifs is 5. The molecule has 318 valence electrons. The fourth-order valence-electron chi connectivity index (χ4n) is 13.3. The van der Waals surface area contributed by atoms with E-state index in [9.17, 15) is 46.0 Å². The molecule has 0 aromatic heterocycles. The SMILES string of the molecule is CC(C)=CCC[C@](C)(O)[C@H]1CC[C@]2(C)[C@@H]1[C@@H](O)C[C@@H]1[C@@]3(C)CCC(O)C(C)(C)C3[C@H](O[C@@H]3O[C@H](CO)[C@@H](O)[C@H](O)[C@H]3O[C@@H]3O[C@@H](C)[C@H](O)[C@@H](O)[C@H]3O)C[C@]12C. The molecule has 0 amide bonds. The minimum absolute atomic E-state index is 0.0411. The van der Waals surface area contributed by atoms with Crippen LogP contribution in [0.1, 0.15) is 114 Å². The van der Waals surface area contributed by atoms with Gasteiger partial charge in [-0.3, -0.25) is 0 Å². The van der Waals surface area contributed by atoms with Gasteiger partial charge in [0.15, 0.2) is 12.6 Å². The number of ether oxygens (including phenoxy) is 4. The molecule has 13 nitrogen and oxygen atoms in total. The Kier molecular flexibility index (Phi) is 12.2. The summed E-state index contributed by atoms with van der Waals surface area (Å²) in [5.74, 6) is -0.526. The topological polar surface area (TPSA) is 219 Å². The van der Waals surface area contributed by atoms with Crippen molar-refractivity contribution in [2.75, 3.05) is 6.61 Å². The molecular weight excluding hydrogens is 712 g/mol. The number of aliphatic hydroxyl groups excluding tert-OH is 8. The monoisotopic (exact) mass is 784 g/mol. The highest BCUT2D eigenvalue weighted by Gasteiger charge is 2.73. The second kappa shape index (κ2) is 15.4. The lowest BCUT2D eigenvalue weighted by molar-refractivity contribution is -0.382. The highest BCUT2D eigenvalue weighted by Crippen LogP contribution is 2.76. The molecule has 9 N–H and O–H groups in total. The number of rotatable bonds is 9. The first-order valence-electron chi connectivity index (χ1n) is 20.8. The zero-order chi connectivity index (χ0) is 40.8. The zero-order valence-electron chi connectivity index (χ0n) is 34.4. The third-order valence-corrected chi connectivity index (χ3v) is 16.5. The highest BCUT2D eigenvalue weighted by molar-refractivity contribution is 5.22. The number of hydrogen-bond donors (Lipinski definition) is 9. The molecule has 0 radical (unpaired) electrons. The standard InChI is InChI=1S/C42H72O13/c1-20(2)11-10-14-42(9,51)22-12-16-40(7)28(22)23(44)17-26-39(6)15-13-27(45)38(4,5)35(39)24(18-41(26,40)8)53-37-34(32(49)30(47)25(19-43)54-37)55-36-33(50)31(48)29(46)21(3)52-36/h11,21-37,43-51H,10,12-19H2,1-9H3/t21-,22-,23-,24+,25+,26+,27?,28-,29-,30+,31+,32-,33+,34+,35?,36-,37+,39+,40+,41+,42-/m0/s1. The van der Waals surface area contributed by atoms with Gasteiger partial charge in [0.25, 0.3) is 0 Å². The minimum atomic E-state index is -1.70. The van der Waals surface area contributed by atoms with E-state index in [0.29, 0.717) is 32.1 Å². The van der Waals surface area contributed by atoms with Gasteiger partial charge in [0.1, 0.15) is 42.7 Å². The molecule has 13 heteroatoms. The Morgan fingerprint density at radius 3 is 2.13 bits per heavy atom. The summed E-state index contributed by atoms with van der Waals surface area (Å²) in [5, 5.41) is 100. The van der Waals surface area contributed by atoms with Gasteiger partial charge in [0.05, 0.1) is 36.6 Å². The third-order valence-electron chi connectivity index (χ3n) is 16.5.